The van der Waals surface area contributed by atoms with E-state index in [-0.39, 0.29) is 17.0 Å². The summed E-state index contributed by atoms with van der Waals surface area (Å²) in [6, 6.07) is 15.0. The van der Waals surface area contributed by atoms with Gasteiger partial charge in [0.15, 0.2) is 0 Å². The number of nitrogens with one attached hydrogen (secondary N) is 1. The monoisotopic (exact) mass is 434 g/mol. The molecule has 0 bridgehead atoms. The molecule has 1 aliphatic rings. The number of hydrogen-bond acceptors (Lipinski definition) is 4. The number of halogens is 2. The summed E-state index contributed by atoms with van der Waals surface area (Å²) in [7, 11) is 1.45. The standard InChI is InChI=1S/C25H20F2N2O3/c1-14-7-6-9-19(15(14)2)28-23-22(17-8-4-5-10-21(17)32-3)24(30)29(25(23)31)20-12-11-16(26)13-18(20)27/h4-13,28H,1-3H3. The van der Waals surface area contributed by atoms with Crippen molar-refractivity contribution >= 4 is 28.8 Å². The number of aryl methyl sites for hydroxylation is 1. The molecule has 5 nitrogen and oxygen atoms in total. The summed E-state index contributed by atoms with van der Waals surface area (Å²) in [6.07, 6.45) is 0. The maximum atomic E-state index is 14.5. The third kappa shape index (κ3) is 3.51. The number of methoxy groups -OCH3 is 1. The lowest BCUT2D eigenvalue weighted by molar-refractivity contribution is -0.120. The predicted molar refractivity (Wildman–Crippen MR) is 118 cm³/mol. The van der Waals surface area contributed by atoms with Gasteiger partial charge in [0, 0.05) is 17.3 Å². The van der Waals surface area contributed by atoms with Gasteiger partial charge in [-0.15, -0.1) is 0 Å². The zero-order valence-corrected chi connectivity index (χ0v) is 17.7. The van der Waals surface area contributed by atoms with Crippen LogP contribution >= 0.6 is 0 Å². The molecule has 0 saturated carbocycles. The minimum atomic E-state index is -1.01. The second-order valence-electron chi connectivity index (χ2n) is 7.36. The van der Waals surface area contributed by atoms with Crippen LogP contribution in [0.3, 0.4) is 0 Å². The molecule has 32 heavy (non-hydrogen) atoms. The molecule has 0 aromatic heterocycles. The summed E-state index contributed by atoms with van der Waals surface area (Å²) < 4.78 is 33.4. The summed E-state index contributed by atoms with van der Waals surface area (Å²) in [5.74, 6) is -2.93. The lowest BCUT2D eigenvalue weighted by Crippen LogP contribution is -2.33. The number of benzene rings is 3. The number of rotatable bonds is 5. The van der Waals surface area contributed by atoms with Gasteiger partial charge in [-0.3, -0.25) is 9.59 Å². The summed E-state index contributed by atoms with van der Waals surface area (Å²) in [5.41, 5.74) is 2.60. The first-order valence-electron chi connectivity index (χ1n) is 9.88. The molecular formula is C25H20F2N2O3. The van der Waals surface area contributed by atoms with Crippen molar-refractivity contribution in [3.05, 3.63) is 94.7 Å². The van der Waals surface area contributed by atoms with Crippen LogP contribution in [0.2, 0.25) is 0 Å². The van der Waals surface area contributed by atoms with E-state index >= 15 is 0 Å². The van der Waals surface area contributed by atoms with E-state index in [1.807, 2.05) is 26.0 Å². The Morgan fingerprint density at radius 2 is 1.66 bits per heavy atom. The van der Waals surface area contributed by atoms with Crippen molar-refractivity contribution < 1.29 is 23.1 Å². The number of nitrogens with zero attached hydrogens (tertiary/aromatic N) is 1. The topological polar surface area (TPSA) is 58.6 Å². The van der Waals surface area contributed by atoms with Crippen LogP contribution in [0.5, 0.6) is 5.75 Å². The van der Waals surface area contributed by atoms with Crippen LogP contribution in [0.1, 0.15) is 16.7 Å². The van der Waals surface area contributed by atoms with Crippen LogP contribution in [0.25, 0.3) is 5.57 Å². The Labute approximate surface area is 183 Å². The van der Waals surface area contributed by atoms with Crippen molar-refractivity contribution in [1.82, 2.24) is 0 Å². The second kappa shape index (κ2) is 8.26. The lowest BCUT2D eigenvalue weighted by atomic mass is 10.0. The molecule has 1 heterocycles. The number of imide groups is 1. The smallest absolute Gasteiger partial charge is 0.282 e. The Bertz CT molecular complexity index is 1280. The van der Waals surface area contributed by atoms with Crippen molar-refractivity contribution in [3.63, 3.8) is 0 Å². The van der Waals surface area contributed by atoms with Gasteiger partial charge in [-0.05, 0) is 49.2 Å². The summed E-state index contributed by atoms with van der Waals surface area (Å²) in [6.45, 7) is 3.82. The van der Waals surface area contributed by atoms with E-state index in [0.29, 0.717) is 28.0 Å². The molecule has 0 radical (unpaired) electrons. The molecule has 0 spiro atoms. The Hall–Kier alpha value is -4.00. The van der Waals surface area contributed by atoms with Crippen molar-refractivity contribution in [2.24, 2.45) is 0 Å². The van der Waals surface area contributed by atoms with Crippen molar-refractivity contribution in [2.75, 3.05) is 17.3 Å². The van der Waals surface area contributed by atoms with Gasteiger partial charge < -0.3 is 10.1 Å². The molecule has 0 atom stereocenters. The van der Waals surface area contributed by atoms with Gasteiger partial charge in [0.05, 0.1) is 18.4 Å². The van der Waals surface area contributed by atoms with Crippen LogP contribution in [0.15, 0.2) is 66.4 Å². The maximum absolute atomic E-state index is 14.5. The molecule has 3 aromatic rings. The van der Waals surface area contributed by atoms with Gasteiger partial charge in [-0.2, -0.15) is 0 Å². The Morgan fingerprint density at radius 1 is 0.906 bits per heavy atom. The number of hydrogen-bond donors (Lipinski definition) is 1. The van der Waals surface area contributed by atoms with Crippen LogP contribution in [0.4, 0.5) is 20.2 Å². The molecule has 2 amide bonds. The second-order valence-corrected chi connectivity index (χ2v) is 7.36. The minimum Gasteiger partial charge on any atom is -0.496 e. The third-order valence-electron chi connectivity index (χ3n) is 5.48. The van der Waals surface area contributed by atoms with Gasteiger partial charge in [0.25, 0.3) is 11.8 Å². The molecule has 1 aliphatic heterocycles. The van der Waals surface area contributed by atoms with Gasteiger partial charge in [-0.25, -0.2) is 13.7 Å². The van der Waals surface area contributed by atoms with Gasteiger partial charge >= 0.3 is 0 Å². The molecule has 7 heteroatoms. The Morgan fingerprint density at radius 3 is 2.38 bits per heavy atom. The predicted octanol–water partition coefficient (Wildman–Crippen LogP) is 4.99. The molecule has 0 fully saturated rings. The van der Waals surface area contributed by atoms with Crippen LogP contribution in [-0.4, -0.2) is 18.9 Å². The zero-order valence-electron chi connectivity index (χ0n) is 17.7. The summed E-state index contributed by atoms with van der Waals surface area (Å²) in [5, 5.41) is 3.08. The number of carbonyl (C=O) groups excluding carboxylic acids is 2. The normalized spacial score (nSPS) is 13.7. The average molecular weight is 434 g/mol. The van der Waals surface area contributed by atoms with Crippen LogP contribution in [0, 0.1) is 25.5 Å². The molecule has 1 N–H and O–H groups in total. The third-order valence-corrected chi connectivity index (χ3v) is 5.48. The number of para-hydroxylation sites is 1. The molecular weight excluding hydrogens is 414 g/mol. The SMILES string of the molecule is COc1ccccc1C1=C(Nc2cccc(C)c2C)C(=O)N(c2ccc(F)cc2F)C1=O. The minimum absolute atomic E-state index is 0.0167. The lowest BCUT2D eigenvalue weighted by Gasteiger charge is -2.17. The molecule has 0 saturated heterocycles. The van der Waals surface area contributed by atoms with E-state index < -0.39 is 23.4 Å². The number of anilines is 2. The van der Waals surface area contributed by atoms with E-state index in [1.54, 1.807) is 30.3 Å². The highest BCUT2D eigenvalue weighted by Gasteiger charge is 2.42. The van der Waals surface area contributed by atoms with E-state index in [2.05, 4.69) is 5.32 Å². The van der Waals surface area contributed by atoms with Crippen molar-refractivity contribution in [3.8, 4) is 5.75 Å². The van der Waals surface area contributed by atoms with E-state index in [9.17, 15) is 18.4 Å². The highest BCUT2D eigenvalue weighted by atomic mass is 19.1. The fourth-order valence-electron chi connectivity index (χ4n) is 3.65. The van der Waals surface area contributed by atoms with E-state index in [1.165, 1.54) is 7.11 Å². The van der Waals surface area contributed by atoms with E-state index in [0.717, 1.165) is 23.3 Å². The van der Waals surface area contributed by atoms with Crippen molar-refractivity contribution in [2.45, 2.75) is 13.8 Å². The highest BCUT2D eigenvalue weighted by molar-refractivity contribution is 6.46. The molecule has 3 aromatic carbocycles. The first-order chi connectivity index (χ1) is 15.3. The van der Waals surface area contributed by atoms with Gasteiger partial charge in [-0.1, -0.05) is 30.3 Å². The largest absolute Gasteiger partial charge is 0.496 e. The van der Waals surface area contributed by atoms with Crippen molar-refractivity contribution in [1.29, 1.82) is 0 Å². The molecule has 0 unspecified atom stereocenters. The summed E-state index contributed by atoms with van der Waals surface area (Å²) >= 11 is 0. The first-order valence-corrected chi connectivity index (χ1v) is 9.88. The first kappa shape index (κ1) is 21.2. The Kier molecular flexibility index (Phi) is 5.48. The molecule has 4 rings (SSSR count). The Balaban J connectivity index is 1.91. The highest BCUT2D eigenvalue weighted by Crippen LogP contribution is 2.38. The fourth-order valence-corrected chi connectivity index (χ4v) is 3.65. The molecule has 0 aliphatic carbocycles. The molecule has 162 valence electrons. The quantitative estimate of drug-likeness (QED) is 0.575. The van der Waals surface area contributed by atoms with Gasteiger partial charge in [0.2, 0.25) is 0 Å². The summed E-state index contributed by atoms with van der Waals surface area (Å²) in [4.78, 5) is 27.6. The van der Waals surface area contributed by atoms with Crippen LogP contribution in [-0.2, 0) is 9.59 Å². The fraction of sp³-hybridized carbons (Fsp3) is 0.120. The van der Waals surface area contributed by atoms with Gasteiger partial charge in [0.1, 0.15) is 23.1 Å². The van der Waals surface area contributed by atoms with Crippen LogP contribution < -0.4 is 15.0 Å². The number of amides is 2. The average Bonchev–Trinajstić information content (AvgIpc) is 3.01. The van der Waals surface area contributed by atoms with E-state index in [4.69, 9.17) is 4.74 Å². The number of ether oxygens (including phenoxy) is 1. The number of carbonyl (C=O) groups is 2. The maximum Gasteiger partial charge on any atom is 0.282 e. The zero-order chi connectivity index (χ0) is 23.0.